The predicted octanol–water partition coefficient (Wildman–Crippen LogP) is 3.13. The first-order chi connectivity index (χ1) is 7.70. The van der Waals surface area contributed by atoms with Gasteiger partial charge in [-0.15, -0.1) is 6.58 Å². The van der Waals surface area contributed by atoms with Crippen LogP contribution in [0.5, 0.6) is 0 Å². The van der Waals surface area contributed by atoms with E-state index in [0.29, 0.717) is 0 Å². The van der Waals surface area contributed by atoms with Crippen LogP contribution in [0.2, 0.25) is 38.3 Å². The molecule has 0 aromatic rings. The number of hydrogen-bond acceptors (Lipinski definition) is 2. The molecule has 17 heavy (non-hydrogen) atoms. The van der Waals surface area contributed by atoms with Gasteiger partial charge in [0.05, 0.1) is 6.42 Å². The standard InChI is InChI=1S/C12H25NO2Si2/c1-6-7-11(10-12(14)15)13-16(2,3)8-9-17(13,4)5/h6,11H,1,7-10H2,2-5H3,(H,14,15). The minimum absolute atomic E-state index is 0.177. The highest BCUT2D eigenvalue weighted by atomic mass is 28.4. The van der Waals surface area contributed by atoms with Crippen molar-refractivity contribution in [3.05, 3.63) is 12.7 Å². The molecule has 1 aliphatic heterocycles. The average molecular weight is 272 g/mol. The van der Waals surface area contributed by atoms with Gasteiger partial charge in [0, 0.05) is 6.04 Å². The summed E-state index contributed by atoms with van der Waals surface area (Å²) in [5.41, 5.74) is 0. The number of hydrogen-bond donors (Lipinski definition) is 1. The Morgan fingerprint density at radius 1 is 1.35 bits per heavy atom. The molecule has 0 aromatic carbocycles. The maximum absolute atomic E-state index is 11.0. The van der Waals surface area contributed by atoms with E-state index in [1.807, 2.05) is 6.08 Å². The number of carboxylic acids is 1. The van der Waals surface area contributed by atoms with E-state index in [0.717, 1.165) is 6.42 Å². The lowest BCUT2D eigenvalue weighted by Crippen LogP contribution is -2.59. The third kappa shape index (κ3) is 3.29. The molecule has 1 N–H and O–H groups in total. The minimum Gasteiger partial charge on any atom is -0.481 e. The molecule has 0 aromatic heterocycles. The van der Waals surface area contributed by atoms with Crippen LogP contribution in [0.25, 0.3) is 0 Å². The van der Waals surface area contributed by atoms with Crippen LogP contribution in [0.15, 0.2) is 12.7 Å². The molecule has 3 nitrogen and oxygen atoms in total. The van der Waals surface area contributed by atoms with Crippen molar-refractivity contribution in [2.75, 3.05) is 0 Å². The molecule has 0 radical (unpaired) electrons. The van der Waals surface area contributed by atoms with Gasteiger partial charge in [-0.2, -0.15) is 0 Å². The zero-order chi connectivity index (χ0) is 13.3. The molecule has 0 spiro atoms. The monoisotopic (exact) mass is 271 g/mol. The smallest absolute Gasteiger partial charge is 0.304 e. The second-order valence-corrected chi connectivity index (χ2v) is 15.9. The van der Waals surface area contributed by atoms with Crippen molar-refractivity contribution in [2.24, 2.45) is 0 Å². The first-order valence-electron chi connectivity index (χ1n) is 6.33. The Bertz CT molecular complexity index is 300. The lowest BCUT2D eigenvalue weighted by Gasteiger charge is -2.44. The summed E-state index contributed by atoms with van der Waals surface area (Å²) >= 11 is 0. The Kier molecular flexibility index (Phi) is 4.38. The lowest BCUT2D eigenvalue weighted by molar-refractivity contribution is -0.137. The lowest BCUT2D eigenvalue weighted by atomic mass is 10.1. The third-order valence-electron chi connectivity index (χ3n) is 3.87. The van der Waals surface area contributed by atoms with E-state index in [2.05, 4.69) is 37.0 Å². The average Bonchev–Trinajstić information content (AvgIpc) is 2.34. The van der Waals surface area contributed by atoms with Crippen LogP contribution < -0.4 is 0 Å². The van der Waals surface area contributed by atoms with Crippen molar-refractivity contribution in [3.63, 3.8) is 0 Å². The summed E-state index contributed by atoms with van der Waals surface area (Å²) in [6.45, 7) is 13.3. The zero-order valence-corrected chi connectivity index (χ0v) is 13.5. The molecule has 1 heterocycles. The van der Waals surface area contributed by atoms with Crippen LogP contribution in [0.1, 0.15) is 12.8 Å². The highest BCUT2D eigenvalue weighted by Crippen LogP contribution is 2.39. The van der Waals surface area contributed by atoms with Gasteiger partial charge >= 0.3 is 5.97 Å². The quantitative estimate of drug-likeness (QED) is 0.617. The van der Waals surface area contributed by atoms with Crippen molar-refractivity contribution >= 4 is 22.4 Å². The molecule has 1 atom stereocenters. The number of rotatable bonds is 5. The molecule has 98 valence electrons. The molecule has 1 aliphatic rings. The minimum atomic E-state index is -1.39. The first kappa shape index (κ1) is 14.7. The first-order valence-corrected chi connectivity index (χ1v) is 12.6. The van der Waals surface area contributed by atoms with Gasteiger partial charge in [0.2, 0.25) is 0 Å². The van der Waals surface area contributed by atoms with E-state index in [-0.39, 0.29) is 12.5 Å². The highest BCUT2D eigenvalue weighted by molar-refractivity contribution is 6.95. The molecule has 0 amide bonds. The Labute approximate surface area is 107 Å². The Balaban J connectivity index is 2.97. The molecule has 1 unspecified atom stereocenters. The zero-order valence-electron chi connectivity index (χ0n) is 11.5. The predicted molar refractivity (Wildman–Crippen MR) is 77.3 cm³/mol. The third-order valence-corrected chi connectivity index (χ3v) is 14.3. The SMILES string of the molecule is C=CCC(CC(=O)O)N1[Si](C)(C)CC[Si]1(C)C. The van der Waals surface area contributed by atoms with E-state index in [1.165, 1.54) is 12.1 Å². The van der Waals surface area contributed by atoms with Gasteiger partial charge in [-0.3, -0.25) is 4.79 Å². The number of carboxylic acid groups (broad SMARTS) is 1. The fraction of sp³-hybridized carbons (Fsp3) is 0.750. The van der Waals surface area contributed by atoms with Crippen LogP contribution >= 0.6 is 0 Å². The van der Waals surface area contributed by atoms with Crippen LogP contribution in [0.4, 0.5) is 0 Å². The summed E-state index contributed by atoms with van der Waals surface area (Å²) in [6, 6.07) is 2.81. The van der Waals surface area contributed by atoms with E-state index in [9.17, 15) is 4.79 Å². The number of carbonyl (C=O) groups is 1. The van der Waals surface area contributed by atoms with Crippen molar-refractivity contribution in [1.82, 2.24) is 4.23 Å². The maximum Gasteiger partial charge on any atom is 0.304 e. The summed E-state index contributed by atoms with van der Waals surface area (Å²) < 4.78 is 2.66. The molecule has 5 heteroatoms. The molecule has 1 fully saturated rings. The Morgan fingerprint density at radius 3 is 2.18 bits per heavy atom. The van der Waals surface area contributed by atoms with Crippen LogP contribution in [0.3, 0.4) is 0 Å². The van der Waals surface area contributed by atoms with Gasteiger partial charge in [-0.25, -0.2) is 0 Å². The van der Waals surface area contributed by atoms with Gasteiger partial charge in [0.1, 0.15) is 16.5 Å². The molecule has 1 rings (SSSR count). The van der Waals surface area contributed by atoms with Crippen molar-refractivity contribution in [1.29, 1.82) is 0 Å². The van der Waals surface area contributed by atoms with Crippen LogP contribution in [-0.4, -0.2) is 37.8 Å². The number of aliphatic carboxylic acids is 1. The number of nitrogens with zero attached hydrogens (tertiary/aromatic N) is 1. The van der Waals surface area contributed by atoms with Gasteiger partial charge in [-0.05, 0) is 18.5 Å². The summed E-state index contributed by atoms with van der Waals surface area (Å²) in [5.74, 6) is -0.682. The normalized spacial score (nSPS) is 24.5. The largest absolute Gasteiger partial charge is 0.481 e. The van der Waals surface area contributed by atoms with Gasteiger partial charge < -0.3 is 9.34 Å². The Hall–Kier alpha value is -0.396. The topological polar surface area (TPSA) is 40.5 Å². The molecule has 0 aliphatic carbocycles. The van der Waals surface area contributed by atoms with Crippen molar-refractivity contribution in [3.8, 4) is 0 Å². The fourth-order valence-corrected chi connectivity index (χ4v) is 18.3. The summed E-state index contributed by atoms with van der Waals surface area (Å²) in [5, 5.41) is 9.08. The fourth-order valence-electron chi connectivity index (χ4n) is 3.33. The van der Waals surface area contributed by atoms with Gasteiger partial charge in [0.15, 0.2) is 0 Å². The van der Waals surface area contributed by atoms with Gasteiger partial charge in [-0.1, -0.05) is 32.3 Å². The van der Waals surface area contributed by atoms with E-state index < -0.39 is 22.4 Å². The van der Waals surface area contributed by atoms with Crippen molar-refractivity contribution < 1.29 is 9.90 Å². The van der Waals surface area contributed by atoms with Gasteiger partial charge in [0.25, 0.3) is 0 Å². The Morgan fingerprint density at radius 2 is 1.82 bits per heavy atom. The van der Waals surface area contributed by atoms with E-state index in [4.69, 9.17) is 5.11 Å². The second kappa shape index (κ2) is 5.08. The highest BCUT2D eigenvalue weighted by Gasteiger charge is 2.50. The summed E-state index contributed by atoms with van der Waals surface area (Å²) in [6.07, 6.45) is 2.94. The second-order valence-electron chi connectivity index (χ2n) is 6.27. The molecular formula is C12H25NO2Si2. The van der Waals surface area contributed by atoms with E-state index >= 15 is 0 Å². The van der Waals surface area contributed by atoms with Crippen LogP contribution in [0, 0.1) is 0 Å². The molecule has 1 saturated heterocycles. The molecule has 0 saturated carbocycles. The molecule has 0 bridgehead atoms. The van der Waals surface area contributed by atoms with Crippen LogP contribution in [-0.2, 0) is 4.79 Å². The summed E-state index contributed by atoms with van der Waals surface area (Å²) in [7, 11) is -2.78. The summed E-state index contributed by atoms with van der Waals surface area (Å²) in [4.78, 5) is 11.0. The molecular weight excluding hydrogens is 246 g/mol. The van der Waals surface area contributed by atoms with E-state index in [1.54, 1.807) is 0 Å². The van der Waals surface area contributed by atoms with Crippen molar-refractivity contribution in [2.45, 2.75) is 57.2 Å². The maximum atomic E-state index is 11.0.